The van der Waals surface area contributed by atoms with E-state index in [0.29, 0.717) is 6.04 Å². The van der Waals surface area contributed by atoms with Crippen molar-refractivity contribution in [3.05, 3.63) is 29.6 Å². The van der Waals surface area contributed by atoms with Crippen LogP contribution in [0.2, 0.25) is 0 Å². The Kier molecular flexibility index (Phi) is 5.52. The van der Waals surface area contributed by atoms with Crippen LogP contribution in [0.4, 0.5) is 10.1 Å². The summed E-state index contributed by atoms with van der Waals surface area (Å²) < 4.78 is 13.4. The molecule has 1 N–H and O–H groups in total. The lowest BCUT2D eigenvalue weighted by Gasteiger charge is -2.28. The molecular weight excluding hydrogens is 259 g/mol. The zero-order valence-corrected chi connectivity index (χ0v) is 12.6. The quantitative estimate of drug-likeness (QED) is 0.806. The van der Waals surface area contributed by atoms with Gasteiger partial charge in [0.2, 0.25) is 0 Å². The highest BCUT2D eigenvalue weighted by molar-refractivity contribution is 7.99. The number of nitrogens with one attached hydrogen (secondary N) is 1. The molecule has 1 aliphatic rings. The van der Waals surface area contributed by atoms with Gasteiger partial charge in [-0.15, -0.1) is 0 Å². The van der Waals surface area contributed by atoms with Crippen molar-refractivity contribution >= 4 is 17.4 Å². The van der Waals surface area contributed by atoms with E-state index in [0.717, 1.165) is 30.8 Å². The summed E-state index contributed by atoms with van der Waals surface area (Å²) in [6, 6.07) is 5.73. The summed E-state index contributed by atoms with van der Waals surface area (Å²) >= 11 is 2.00. The fraction of sp³-hybridized carbons (Fsp3) is 0.600. The summed E-state index contributed by atoms with van der Waals surface area (Å²) in [5.74, 6) is 2.27. The third kappa shape index (κ3) is 3.86. The van der Waals surface area contributed by atoms with Crippen LogP contribution >= 0.6 is 11.8 Å². The van der Waals surface area contributed by atoms with Crippen LogP contribution in [-0.4, -0.2) is 31.1 Å². The van der Waals surface area contributed by atoms with Gasteiger partial charge in [0.1, 0.15) is 5.82 Å². The molecule has 0 radical (unpaired) electrons. The Morgan fingerprint density at radius 3 is 3.00 bits per heavy atom. The van der Waals surface area contributed by atoms with Crippen molar-refractivity contribution in [3.8, 4) is 0 Å². The average Bonchev–Trinajstić information content (AvgIpc) is 2.92. The van der Waals surface area contributed by atoms with Gasteiger partial charge in [0.25, 0.3) is 0 Å². The van der Waals surface area contributed by atoms with Gasteiger partial charge in [-0.3, -0.25) is 0 Å². The van der Waals surface area contributed by atoms with E-state index >= 15 is 0 Å². The SMILES string of the molecule is CCCNCc1cc(F)ccc1N(C)C1CCSC1. The van der Waals surface area contributed by atoms with Crippen molar-refractivity contribution in [3.63, 3.8) is 0 Å². The highest BCUT2D eigenvalue weighted by Crippen LogP contribution is 2.28. The summed E-state index contributed by atoms with van der Waals surface area (Å²) in [6.45, 7) is 3.85. The van der Waals surface area contributed by atoms with E-state index in [1.165, 1.54) is 17.9 Å². The van der Waals surface area contributed by atoms with Gasteiger partial charge in [0.05, 0.1) is 0 Å². The Bertz CT molecular complexity index is 405. The fourth-order valence-corrected chi connectivity index (χ4v) is 3.73. The molecule has 1 aromatic carbocycles. The van der Waals surface area contributed by atoms with Crippen LogP contribution in [0.3, 0.4) is 0 Å². The third-order valence-corrected chi connectivity index (χ3v) is 4.76. The van der Waals surface area contributed by atoms with Gasteiger partial charge < -0.3 is 10.2 Å². The minimum Gasteiger partial charge on any atom is -0.370 e. The minimum absolute atomic E-state index is 0.147. The van der Waals surface area contributed by atoms with Gasteiger partial charge in [-0.05, 0) is 48.9 Å². The molecule has 2 rings (SSSR count). The van der Waals surface area contributed by atoms with Crippen LogP contribution in [0, 0.1) is 5.82 Å². The number of thioether (sulfide) groups is 1. The fourth-order valence-electron chi connectivity index (χ4n) is 2.46. The maximum Gasteiger partial charge on any atom is 0.123 e. The predicted octanol–water partition coefficient (Wildman–Crippen LogP) is 3.27. The minimum atomic E-state index is -0.147. The molecule has 2 nitrogen and oxygen atoms in total. The lowest BCUT2D eigenvalue weighted by molar-refractivity contribution is 0.616. The van der Waals surface area contributed by atoms with E-state index in [-0.39, 0.29) is 5.82 Å². The number of hydrogen-bond acceptors (Lipinski definition) is 3. The van der Waals surface area contributed by atoms with Crippen LogP contribution in [0.1, 0.15) is 25.3 Å². The normalized spacial score (nSPS) is 18.8. The largest absolute Gasteiger partial charge is 0.370 e. The molecule has 0 bridgehead atoms. The first-order chi connectivity index (χ1) is 9.22. The lowest BCUT2D eigenvalue weighted by atomic mass is 10.1. The molecule has 1 aromatic rings. The Labute approximate surface area is 119 Å². The van der Waals surface area contributed by atoms with Gasteiger partial charge in [0.15, 0.2) is 0 Å². The molecule has 1 saturated heterocycles. The van der Waals surface area contributed by atoms with E-state index in [2.05, 4.69) is 24.2 Å². The molecule has 0 saturated carbocycles. The van der Waals surface area contributed by atoms with E-state index in [1.807, 2.05) is 17.8 Å². The zero-order valence-electron chi connectivity index (χ0n) is 11.8. The summed E-state index contributed by atoms with van der Waals surface area (Å²) in [5, 5.41) is 3.37. The number of anilines is 1. The predicted molar refractivity (Wildman–Crippen MR) is 82.5 cm³/mol. The van der Waals surface area contributed by atoms with Crippen LogP contribution in [0.15, 0.2) is 18.2 Å². The molecule has 0 aliphatic carbocycles. The highest BCUT2D eigenvalue weighted by Gasteiger charge is 2.22. The summed E-state index contributed by atoms with van der Waals surface area (Å²) in [4.78, 5) is 2.32. The van der Waals surface area contributed by atoms with E-state index < -0.39 is 0 Å². The molecule has 19 heavy (non-hydrogen) atoms. The van der Waals surface area contributed by atoms with Crippen LogP contribution in [-0.2, 0) is 6.54 Å². The number of halogens is 1. The number of benzene rings is 1. The molecule has 4 heteroatoms. The van der Waals surface area contributed by atoms with E-state index in [1.54, 1.807) is 12.1 Å². The second-order valence-corrected chi connectivity index (χ2v) is 6.23. The van der Waals surface area contributed by atoms with Crippen molar-refractivity contribution in [2.75, 3.05) is 30.0 Å². The van der Waals surface area contributed by atoms with Crippen molar-refractivity contribution in [1.29, 1.82) is 0 Å². The Morgan fingerprint density at radius 1 is 1.47 bits per heavy atom. The maximum atomic E-state index is 13.4. The molecule has 106 valence electrons. The first-order valence-electron chi connectivity index (χ1n) is 7.02. The molecule has 1 atom stereocenters. The summed E-state index contributed by atoms with van der Waals surface area (Å²) in [7, 11) is 2.13. The lowest BCUT2D eigenvalue weighted by Crippen LogP contribution is -2.32. The van der Waals surface area contributed by atoms with Gasteiger partial charge in [-0.1, -0.05) is 6.92 Å². The second-order valence-electron chi connectivity index (χ2n) is 5.08. The van der Waals surface area contributed by atoms with E-state index in [4.69, 9.17) is 0 Å². The van der Waals surface area contributed by atoms with Crippen molar-refractivity contribution in [2.45, 2.75) is 32.4 Å². The first-order valence-corrected chi connectivity index (χ1v) is 8.17. The first kappa shape index (κ1) is 14.7. The smallest absolute Gasteiger partial charge is 0.123 e. The Morgan fingerprint density at radius 2 is 2.32 bits per heavy atom. The molecule has 1 heterocycles. The number of hydrogen-bond donors (Lipinski definition) is 1. The molecule has 1 unspecified atom stereocenters. The average molecular weight is 282 g/mol. The van der Waals surface area contributed by atoms with Crippen LogP contribution < -0.4 is 10.2 Å². The van der Waals surface area contributed by atoms with Crippen molar-refractivity contribution in [1.82, 2.24) is 5.32 Å². The Hall–Kier alpha value is -0.740. The van der Waals surface area contributed by atoms with E-state index in [9.17, 15) is 4.39 Å². The molecule has 1 fully saturated rings. The van der Waals surface area contributed by atoms with Crippen LogP contribution in [0.5, 0.6) is 0 Å². The zero-order chi connectivity index (χ0) is 13.7. The highest BCUT2D eigenvalue weighted by atomic mass is 32.2. The Balaban J connectivity index is 2.12. The van der Waals surface area contributed by atoms with Gasteiger partial charge in [-0.2, -0.15) is 11.8 Å². The molecule has 0 spiro atoms. The monoisotopic (exact) mass is 282 g/mol. The molecule has 0 aromatic heterocycles. The summed E-state index contributed by atoms with van der Waals surface area (Å²) in [5.41, 5.74) is 2.23. The molecular formula is C15H23FN2S. The maximum absolute atomic E-state index is 13.4. The van der Waals surface area contributed by atoms with Gasteiger partial charge in [-0.25, -0.2) is 4.39 Å². The number of rotatable bonds is 6. The standard InChI is InChI=1S/C15H23FN2S/c1-3-7-17-10-12-9-13(16)4-5-15(12)18(2)14-6-8-19-11-14/h4-5,9,14,17H,3,6-8,10-11H2,1-2H3. The topological polar surface area (TPSA) is 15.3 Å². The van der Waals surface area contributed by atoms with Crippen molar-refractivity contribution < 1.29 is 4.39 Å². The number of nitrogens with zero attached hydrogens (tertiary/aromatic N) is 1. The molecule has 1 aliphatic heterocycles. The molecule has 0 amide bonds. The van der Waals surface area contributed by atoms with Crippen LogP contribution in [0.25, 0.3) is 0 Å². The summed E-state index contributed by atoms with van der Waals surface area (Å²) in [6.07, 6.45) is 2.32. The third-order valence-electron chi connectivity index (χ3n) is 3.62. The van der Waals surface area contributed by atoms with Crippen molar-refractivity contribution in [2.24, 2.45) is 0 Å². The van der Waals surface area contributed by atoms with Gasteiger partial charge in [0, 0.05) is 31.1 Å². The second kappa shape index (κ2) is 7.15. The van der Waals surface area contributed by atoms with Gasteiger partial charge >= 0.3 is 0 Å².